The van der Waals surface area contributed by atoms with Crippen molar-refractivity contribution < 1.29 is 27.6 Å². The van der Waals surface area contributed by atoms with Crippen molar-refractivity contribution in [1.29, 1.82) is 0 Å². The van der Waals surface area contributed by atoms with Crippen LogP contribution in [0.15, 0.2) is 85.2 Å². The number of benzene rings is 2. The van der Waals surface area contributed by atoms with Crippen LogP contribution in [-0.4, -0.2) is 39.3 Å². The number of carbonyl (C=O) groups excluding carboxylic acids is 2. The fourth-order valence-corrected chi connectivity index (χ4v) is 4.78. The highest BCUT2D eigenvalue weighted by molar-refractivity contribution is 6.07. The van der Waals surface area contributed by atoms with Gasteiger partial charge in [0.25, 0.3) is 5.91 Å². The molecule has 0 radical (unpaired) electrons. The van der Waals surface area contributed by atoms with E-state index in [2.05, 4.69) is 15.3 Å². The number of nitrogens with one attached hydrogen (secondary N) is 1. The smallest absolute Gasteiger partial charge is 0.352 e. The Kier molecular flexibility index (Phi) is 5.86. The van der Waals surface area contributed by atoms with E-state index < -0.39 is 18.1 Å². The Morgan fingerprint density at radius 1 is 0.897 bits per heavy atom. The fourth-order valence-electron chi connectivity index (χ4n) is 4.78. The van der Waals surface area contributed by atoms with E-state index in [4.69, 9.17) is 4.84 Å². The molecule has 0 fully saturated rings. The topological polar surface area (TPSA) is 86.1 Å². The maximum Gasteiger partial charge on any atom is 0.493 e. The van der Waals surface area contributed by atoms with Gasteiger partial charge >= 0.3 is 12.1 Å². The Bertz CT molecular complexity index is 1750. The first-order valence-corrected chi connectivity index (χ1v) is 12.0. The minimum Gasteiger partial charge on any atom is -0.352 e. The van der Waals surface area contributed by atoms with Crippen LogP contribution in [0.4, 0.5) is 13.2 Å². The number of pyridine rings is 2. The summed E-state index contributed by atoms with van der Waals surface area (Å²) < 4.78 is 40.9. The molecular weight excluding hydrogens is 509 g/mol. The standard InChI is InChI=1S/C29H19F3N4O3/c30-29(31,32)28(38)39-36-23-11-13-34-27(37)25(23)24(17-6-2-1-3-7-17)26(36)19-10-12-33-22(15-19)20-14-18-8-4-5-9-21(18)35-16-20/h1-10,12,14-16H,11,13H2,(H,34,37). The van der Waals surface area contributed by atoms with Gasteiger partial charge in [0.2, 0.25) is 0 Å². The molecule has 4 heterocycles. The van der Waals surface area contributed by atoms with Gasteiger partial charge in [0.05, 0.1) is 28.2 Å². The Morgan fingerprint density at radius 3 is 2.46 bits per heavy atom. The van der Waals surface area contributed by atoms with Gasteiger partial charge < -0.3 is 10.2 Å². The highest BCUT2D eigenvalue weighted by Crippen LogP contribution is 2.41. The number of hydrogen-bond donors (Lipinski definition) is 1. The van der Waals surface area contributed by atoms with Gasteiger partial charge in [0.15, 0.2) is 0 Å². The fraction of sp³-hybridized carbons (Fsp3) is 0.103. The van der Waals surface area contributed by atoms with Crippen LogP contribution in [0.25, 0.3) is 44.5 Å². The second-order valence-electron chi connectivity index (χ2n) is 8.93. The molecule has 10 heteroatoms. The van der Waals surface area contributed by atoms with E-state index in [1.807, 2.05) is 30.3 Å². The third kappa shape index (κ3) is 4.39. The number of fused-ring (bicyclic) bond motifs is 2. The summed E-state index contributed by atoms with van der Waals surface area (Å²) in [5.74, 6) is -2.86. The average molecular weight is 528 g/mol. The number of halogens is 3. The van der Waals surface area contributed by atoms with Crippen molar-refractivity contribution in [2.75, 3.05) is 6.54 Å². The van der Waals surface area contributed by atoms with Gasteiger partial charge in [-0.2, -0.15) is 17.9 Å². The molecule has 3 aromatic heterocycles. The zero-order valence-corrected chi connectivity index (χ0v) is 20.2. The van der Waals surface area contributed by atoms with Crippen LogP contribution >= 0.6 is 0 Å². The lowest BCUT2D eigenvalue weighted by molar-refractivity contribution is -0.199. The predicted octanol–water partition coefficient (Wildman–Crippen LogP) is 5.24. The van der Waals surface area contributed by atoms with Crippen LogP contribution in [0, 0.1) is 0 Å². The van der Waals surface area contributed by atoms with Crippen LogP contribution < -0.4 is 10.2 Å². The summed E-state index contributed by atoms with van der Waals surface area (Å²) in [5.41, 5.74) is 3.80. The van der Waals surface area contributed by atoms with Crippen LogP contribution in [0.2, 0.25) is 0 Å². The summed E-state index contributed by atoms with van der Waals surface area (Å²) in [6.45, 7) is 0.178. The maximum absolute atomic E-state index is 13.3. The predicted molar refractivity (Wildman–Crippen MR) is 138 cm³/mol. The second kappa shape index (κ2) is 9.39. The molecule has 0 aliphatic carbocycles. The normalized spacial score (nSPS) is 13.2. The number of alkyl halides is 3. The van der Waals surface area contributed by atoms with Crippen LogP contribution in [0.1, 0.15) is 16.1 Å². The number of hydrogen-bond acceptors (Lipinski definition) is 5. The third-order valence-electron chi connectivity index (χ3n) is 6.49. The van der Waals surface area contributed by atoms with Gasteiger partial charge in [-0.25, -0.2) is 4.79 Å². The zero-order chi connectivity index (χ0) is 27.1. The molecule has 1 aliphatic heterocycles. The molecule has 1 aliphatic rings. The largest absolute Gasteiger partial charge is 0.493 e. The molecule has 1 N–H and O–H groups in total. The number of nitrogens with zero attached hydrogens (tertiary/aromatic N) is 3. The summed E-state index contributed by atoms with van der Waals surface area (Å²) in [7, 11) is 0. The van der Waals surface area contributed by atoms with Crippen LogP contribution in [0.3, 0.4) is 0 Å². The molecule has 5 aromatic rings. The summed E-state index contributed by atoms with van der Waals surface area (Å²) in [4.78, 5) is 39.0. The molecule has 194 valence electrons. The van der Waals surface area contributed by atoms with Crippen molar-refractivity contribution in [1.82, 2.24) is 20.0 Å². The monoisotopic (exact) mass is 528 g/mol. The summed E-state index contributed by atoms with van der Waals surface area (Å²) in [5, 5.41) is 3.63. The van der Waals surface area contributed by atoms with E-state index >= 15 is 0 Å². The molecule has 6 rings (SSSR count). The molecule has 1 amide bonds. The van der Waals surface area contributed by atoms with E-state index in [1.165, 1.54) is 6.20 Å². The highest BCUT2D eigenvalue weighted by Gasteiger charge is 2.43. The molecular formula is C29H19F3N4O3. The van der Waals surface area contributed by atoms with Crippen molar-refractivity contribution in [2.24, 2.45) is 0 Å². The minimum absolute atomic E-state index is 0.137. The van der Waals surface area contributed by atoms with Gasteiger partial charge in [0.1, 0.15) is 0 Å². The number of rotatable bonds is 4. The number of amides is 1. The van der Waals surface area contributed by atoms with Crippen molar-refractivity contribution in [2.45, 2.75) is 12.6 Å². The lowest BCUT2D eigenvalue weighted by Crippen LogP contribution is -2.37. The first-order chi connectivity index (χ1) is 18.8. The lowest BCUT2D eigenvalue weighted by Gasteiger charge is -2.17. The van der Waals surface area contributed by atoms with Crippen molar-refractivity contribution in [3.8, 4) is 33.6 Å². The van der Waals surface area contributed by atoms with Gasteiger partial charge in [-0.1, -0.05) is 48.5 Å². The minimum atomic E-state index is -5.24. The van der Waals surface area contributed by atoms with E-state index in [-0.39, 0.29) is 29.9 Å². The zero-order valence-electron chi connectivity index (χ0n) is 20.2. The first kappa shape index (κ1) is 24.4. The molecule has 0 saturated heterocycles. The Morgan fingerprint density at radius 2 is 1.67 bits per heavy atom. The highest BCUT2D eigenvalue weighted by atomic mass is 19.4. The van der Waals surface area contributed by atoms with Crippen molar-refractivity contribution in [3.05, 3.63) is 96.4 Å². The Labute approximate surface area is 219 Å². The Balaban J connectivity index is 1.60. The van der Waals surface area contributed by atoms with Gasteiger partial charge in [0, 0.05) is 47.4 Å². The first-order valence-electron chi connectivity index (χ1n) is 12.0. The summed E-state index contributed by atoms with van der Waals surface area (Å²) >= 11 is 0. The maximum atomic E-state index is 13.3. The van der Waals surface area contributed by atoms with Crippen LogP contribution in [0.5, 0.6) is 0 Å². The molecule has 0 saturated carbocycles. The molecule has 0 bridgehead atoms. The molecule has 0 spiro atoms. The second-order valence-corrected chi connectivity index (χ2v) is 8.93. The van der Waals surface area contributed by atoms with Gasteiger partial charge in [-0.15, -0.1) is 0 Å². The van der Waals surface area contributed by atoms with Crippen molar-refractivity contribution >= 4 is 22.8 Å². The summed E-state index contributed by atoms with van der Waals surface area (Å²) in [6, 6.07) is 21.5. The van der Waals surface area contributed by atoms with Crippen molar-refractivity contribution in [3.63, 3.8) is 0 Å². The summed E-state index contributed by atoms with van der Waals surface area (Å²) in [6.07, 6.45) is -1.90. The Hall–Kier alpha value is -4.99. The lowest BCUT2D eigenvalue weighted by atomic mass is 9.94. The van der Waals surface area contributed by atoms with E-state index in [0.29, 0.717) is 27.9 Å². The van der Waals surface area contributed by atoms with E-state index in [0.717, 1.165) is 15.6 Å². The number of para-hydroxylation sites is 1. The van der Waals surface area contributed by atoms with Gasteiger partial charge in [-0.3, -0.25) is 14.8 Å². The van der Waals surface area contributed by atoms with E-state index in [9.17, 15) is 22.8 Å². The SMILES string of the molecule is O=C1NCCc2c1c(-c1ccccc1)c(-c1ccnc(-c3cnc4ccccc4c3)c1)n2OC(=O)C(F)(F)F. The number of aromatic nitrogens is 3. The van der Waals surface area contributed by atoms with Gasteiger partial charge in [-0.05, 0) is 29.8 Å². The molecule has 39 heavy (non-hydrogen) atoms. The van der Waals surface area contributed by atoms with E-state index in [1.54, 1.807) is 48.7 Å². The van der Waals surface area contributed by atoms with Crippen LogP contribution in [-0.2, 0) is 11.2 Å². The molecule has 2 aromatic carbocycles. The molecule has 0 unspecified atom stereocenters. The molecule has 7 nitrogen and oxygen atoms in total. The third-order valence-corrected chi connectivity index (χ3v) is 6.49. The molecule has 0 atom stereocenters. The number of carbonyl (C=O) groups is 2. The quantitative estimate of drug-likeness (QED) is 0.345. The average Bonchev–Trinajstić information content (AvgIpc) is 3.28.